The second-order valence-corrected chi connectivity index (χ2v) is 6.18. The number of thiophene rings is 1. The van der Waals surface area contributed by atoms with Gasteiger partial charge in [-0.1, -0.05) is 18.2 Å². The van der Waals surface area contributed by atoms with Crippen molar-refractivity contribution in [2.75, 3.05) is 19.0 Å². The fourth-order valence-corrected chi connectivity index (χ4v) is 2.93. The van der Waals surface area contributed by atoms with E-state index in [0.29, 0.717) is 0 Å². The van der Waals surface area contributed by atoms with Gasteiger partial charge in [0.25, 0.3) is 0 Å². The fraction of sp³-hybridized carbons (Fsp3) is 0.222. The van der Waals surface area contributed by atoms with Crippen LogP contribution in [0, 0.1) is 6.92 Å². The molecule has 0 saturated carbocycles. The first-order valence-corrected chi connectivity index (χ1v) is 8.38. The summed E-state index contributed by atoms with van der Waals surface area (Å²) in [5.41, 5.74) is 2.32. The maximum Gasteiger partial charge on any atom is 0.171 e. The lowest BCUT2D eigenvalue weighted by atomic mass is 10.1. The molecule has 0 fully saturated rings. The Morgan fingerprint density at radius 1 is 1.17 bits per heavy atom. The molecule has 0 atom stereocenters. The summed E-state index contributed by atoms with van der Waals surface area (Å²) in [6.45, 7) is 2.85. The van der Waals surface area contributed by atoms with Gasteiger partial charge in [-0.15, -0.1) is 11.3 Å². The molecule has 0 amide bonds. The number of aryl methyl sites for hydroxylation is 1. The topological polar surface area (TPSA) is 47.0 Å². The summed E-state index contributed by atoms with van der Waals surface area (Å²) in [5, 5.41) is 5.45. The van der Waals surface area contributed by atoms with Crippen LogP contribution in [0.4, 0.5) is 5.82 Å². The van der Waals surface area contributed by atoms with E-state index in [4.69, 9.17) is 4.74 Å². The number of hydrogen-bond acceptors (Lipinski definition) is 5. The standard InChI is InChI=1S/C18H19N3OS/c1-13-12-20-18(16-4-3-11-23-16)21-17(13)19-10-9-14-5-7-15(22-2)8-6-14/h3-8,11-12H,9-10H2,1-2H3,(H,19,20,21). The van der Waals surface area contributed by atoms with Crippen LogP contribution in [0.2, 0.25) is 0 Å². The van der Waals surface area contributed by atoms with Crippen LogP contribution in [-0.2, 0) is 6.42 Å². The van der Waals surface area contributed by atoms with Crippen molar-refractivity contribution in [2.24, 2.45) is 0 Å². The zero-order valence-electron chi connectivity index (χ0n) is 13.2. The number of benzene rings is 1. The summed E-state index contributed by atoms with van der Waals surface area (Å²) in [6.07, 6.45) is 2.81. The molecule has 1 N–H and O–H groups in total. The zero-order valence-corrected chi connectivity index (χ0v) is 14.1. The van der Waals surface area contributed by atoms with Gasteiger partial charge in [-0.05, 0) is 42.5 Å². The van der Waals surface area contributed by atoms with Crippen LogP contribution in [0.15, 0.2) is 48.0 Å². The highest BCUT2D eigenvalue weighted by atomic mass is 32.1. The lowest BCUT2D eigenvalue weighted by molar-refractivity contribution is 0.414. The van der Waals surface area contributed by atoms with Crippen LogP contribution in [0.3, 0.4) is 0 Å². The number of hydrogen-bond donors (Lipinski definition) is 1. The first kappa shape index (κ1) is 15.5. The molecule has 3 rings (SSSR count). The Bertz CT molecular complexity index is 754. The number of methoxy groups -OCH3 is 1. The predicted molar refractivity (Wildman–Crippen MR) is 95.3 cm³/mol. The maximum absolute atomic E-state index is 5.18. The van der Waals surface area contributed by atoms with E-state index < -0.39 is 0 Å². The molecule has 2 aromatic heterocycles. The van der Waals surface area contributed by atoms with E-state index in [-0.39, 0.29) is 0 Å². The van der Waals surface area contributed by atoms with E-state index in [1.165, 1.54) is 5.56 Å². The van der Waals surface area contributed by atoms with Gasteiger partial charge in [-0.2, -0.15) is 0 Å². The van der Waals surface area contributed by atoms with Crippen LogP contribution < -0.4 is 10.1 Å². The van der Waals surface area contributed by atoms with Crippen molar-refractivity contribution in [1.29, 1.82) is 0 Å². The molecule has 0 aliphatic rings. The molecule has 0 unspecified atom stereocenters. The van der Waals surface area contributed by atoms with Crippen molar-refractivity contribution < 1.29 is 4.74 Å². The number of aromatic nitrogens is 2. The second-order valence-electron chi connectivity index (χ2n) is 5.23. The number of anilines is 1. The van der Waals surface area contributed by atoms with Gasteiger partial charge < -0.3 is 10.1 Å². The summed E-state index contributed by atoms with van der Waals surface area (Å²) in [5.74, 6) is 2.56. The molecule has 3 aromatic rings. The van der Waals surface area contributed by atoms with E-state index in [0.717, 1.165) is 40.8 Å². The zero-order chi connectivity index (χ0) is 16.1. The summed E-state index contributed by atoms with van der Waals surface area (Å²) < 4.78 is 5.18. The minimum atomic E-state index is 0.776. The minimum absolute atomic E-state index is 0.776. The number of rotatable bonds is 6. The molecule has 5 heteroatoms. The van der Waals surface area contributed by atoms with E-state index >= 15 is 0 Å². The van der Waals surface area contributed by atoms with Crippen molar-refractivity contribution in [1.82, 2.24) is 9.97 Å². The lowest BCUT2D eigenvalue weighted by Crippen LogP contribution is -2.08. The third-order valence-electron chi connectivity index (χ3n) is 3.58. The van der Waals surface area contributed by atoms with Crippen molar-refractivity contribution in [2.45, 2.75) is 13.3 Å². The van der Waals surface area contributed by atoms with Gasteiger partial charge >= 0.3 is 0 Å². The Kier molecular flexibility index (Phi) is 4.88. The Morgan fingerprint density at radius 2 is 2.00 bits per heavy atom. The molecule has 0 aliphatic heterocycles. The normalized spacial score (nSPS) is 10.5. The summed E-state index contributed by atoms with van der Waals surface area (Å²) in [4.78, 5) is 10.1. The molecule has 0 aliphatic carbocycles. The predicted octanol–water partition coefficient (Wildman–Crippen LogP) is 4.18. The van der Waals surface area contributed by atoms with Crippen molar-refractivity contribution in [3.05, 3.63) is 59.1 Å². The molecular formula is C18H19N3OS. The maximum atomic E-state index is 5.18. The third-order valence-corrected chi connectivity index (χ3v) is 4.44. The van der Waals surface area contributed by atoms with Crippen molar-refractivity contribution >= 4 is 17.2 Å². The Balaban J connectivity index is 1.64. The molecule has 1 aromatic carbocycles. The fourth-order valence-electron chi connectivity index (χ4n) is 2.26. The summed E-state index contributed by atoms with van der Waals surface area (Å²) >= 11 is 1.65. The lowest BCUT2D eigenvalue weighted by Gasteiger charge is -2.10. The molecule has 4 nitrogen and oxygen atoms in total. The van der Waals surface area contributed by atoms with Crippen LogP contribution >= 0.6 is 11.3 Å². The highest BCUT2D eigenvalue weighted by Crippen LogP contribution is 2.23. The number of nitrogens with one attached hydrogen (secondary N) is 1. The largest absolute Gasteiger partial charge is 0.497 e. The van der Waals surface area contributed by atoms with Gasteiger partial charge in [-0.3, -0.25) is 0 Å². The highest BCUT2D eigenvalue weighted by molar-refractivity contribution is 7.13. The van der Waals surface area contributed by atoms with Gasteiger partial charge in [0.1, 0.15) is 11.6 Å². The SMILES string of the molecule is COc1ccc(CCNc2nc(-c3cccs3)ncc2C)cc1. The smallest absolute Gasteiger partial charge is 0.171 e. The average molecular weight is 325 g/mol. The van der Waals surface area contributed by atoms with Gasteiger partial charge in [0.2, 0.25) is 0 Å². The van der Waals surface area contributed by atoms with E-state index in [1.807, 2.05) is 42.8 Å². The monoisotopic (exact) mass is 325 g/mol. The first-order chi connectivity index (χ1) is 11.3. The summed E-state index contributed by atoms with van der Waals surface area (Å²) in [7, 11) is 1.68. The van der Waals surface area contributed by atoms with Gasteiger partial charge in [0, 0.05) is 18.3 Å². The molecular weight excluding hydrogens is 306 g/mol. The Hall–Kier alpha value is -2.40. The second kappa shape index (κ2) is 7.24. The number of nitrogens with zero attached hydrogens (tertiary/aromatic N) is 2. The molecule has 23 heavy (non-hydrogen) atoms. The third kappa shape index (κ3) is 3.87. The van der Waals surface area contributed by atoms with Crippen LogP contribution in [0.5, 0.6) is 5.75 Å². The first-order valence-electron chi connectivity index (χ1n) is 7.50. The van der Waals surface area contributed by atoms with Crippen LogP contribution in [0.1, 0.15) is 11.1 Å². The Labute approximate surface area is 140 Å². The summed E-state index contributed by atoms with van der Waals surface area (Å²) in [6, 6.07) is 12.2. The quantitative estimate of drug-likeness (QED) is 0.738. The van der Waals surface area contributed by atoms with Crippen molar-refractivity contribution in [3.63, 3.8) is 0 Å². The minimum Gasteiger partial charge on any atom is -0.497 e. The molecule has 0 bridgehead atoms. The average Bonchev–Trinajstić information content (AvgIpc) is 3.12. The molecule has 0 spiro atoms. The molecule has 0 saturated heterocycles. The molecule has 2 heterocycles. The Morgan fingerprint density at radius 3 is 2.70 bits per heavy atom. The van der Waals surface area contributed by atoms with Crippen LogP contribution in [-0.4, -0.2) is 23.6 Å². The van der Waals surface area contributed by atoms with Gasteiger partial charge in [0.15, 0.2) is 5.82 Å². The van der Waals surface area contributed by atoms with Crippen molar-refractivity contribution in [3.8, 4) is 16.5 Å². The van der Waals surface area contributed by atoms with E-state index in [9.17, 15) is 0 Å². The van der Waals surface area contributed by atoms with E-state index in [2.05, 4.69) is 27.4 Å². The van der Waals surface area contributed by atoms with Gasteiger partial charge in [-0.25, -0.2) is 9.97 Å². The molecule has 118 valence electrons. The van der Waals surface area contributed by atoms with Gasteiger partial charge in [0.05, 0.1) is 12.0 Å². The molecule has 0 radical (unpaired) electrons. The van der Waals surface area contributed by atoms with E-state index in [1.54, 1.807) is 18.4 Å². The van der Waals surface area contributed by atoms with Crippen LogP contribution in [0.25, 0.3) is 10.7 Å². The highest BCUT2D eigenvalue weighted by Gasteiger charge is 2.06. The number of ether oxygens (including phenoxy) is 1.